The van der Waals surface area contributed by atoms with Crippen LogP contribution in [0.1, 0.15) is 55.3 Å². The summed E-state index contributed by atoms with van der Waals surface area (Å²) >= 11 is 0. The summed E-state index contributed by atoms with van der Waals surface area (Å²) in [6.45, 7) is -0.916. The standard InChI is InChI=1S/C33H29F8N5O6/c1-45-31(10-2-3-11-31)28(49)25(30(51)46(45)15-17-6-9-22(27(35)26(17)34)52-12-4-5-24(47)48)29(50)44-20-8-7-18(32(36,37)38)13-19(20)21-14-23(33(39,40)41)43-16-42-21/h6-9,13-14,16,25H,2-5,10-12,15H2,1H3,(H,44,50)(H,47,48). The Labute approximate surface area is 289 Å². The quantitative estimate of drug-likeness (QED) is 0.145. The molecular formula is C33H29F8N5O6. The molecule has 5 rings (SSSR count). The van der Waals surface area contributed by atoms with E-state index in [-0.39, 0.29) is 37.9 Å². The summed E-state index contributed by atoms with van der Waals surface area (Å²) in [6, 6.07) is 4.24. The third kappa shape index (κ3) is 7.54. The van der Waals surface area contributed by atoms with Gasteiger partial charge in [0.25, 0.3) is 5.91 Å². The Balaban J connectivity index is 1.48. The lowest BCUT2D eigenvalue weighted by molar-refractivity contribution is -0.186. The molecule has 19 heteroatoms. The van der Waals surface area contributed by atoms with Gasteiger partial charge in [-0.1, -0.05) is 18.9 Å². The minimum absolute atomic E-state index is 0.00636. The molecule has 52 heavy (non-hydrogen) atoms. The highest BCUT2D eigenvalue weighted by atomic mass is 19.4. The van der Waals surface area contributed by atoms with E-state index in [9.17, 15) is 49.9 Å². The zero-order valence-corrected chi connectivity index (χ0v) is 27.1. The second-order valence-corrected chi connectivity index (χ2v) is 12.2. The Bertz CT molecular complexity index is 1900. The van der Waals surface area contributed by atoms with Crippen LogP contribution in [0.2, 0.25) is 0 Å². The van der Waals surface area contributed by atoms with Crippen LogP contribution < -0.4 is 10.1 Å². The number of carbonyl (C=O) groups excluding carboxylic acids is 3. The summed E-state index contributed by atoms with van der Waals surface area (Å²) in [7, 11) is 1.37. The molecule has 11 nitrogen and oxygen atoms in total. The number of carboxylic acid groups (broad SMARTS) is 1. The van der Waals surface area contributed by atoms with Crippen LogP contribution >= 0.6 is 0 Å². The number of anilines is 1. The third-order valence-electron chi connectivity index (χ3n) is 8.97. The maximum absolute atomic E-state index is 15.3. The number of carbonyl (C=O) groups is 4. The van der Waals surface area contributed by atoms with E-state index in [1.54, 1.807) is 0 Å². The van der Waals surface area contributed by atoms with Gasteiger partial charge in [-0.2, -0.15) is 30.7 Å². The molecule has 2 heterocycles. The lowest BCUT2D eigenvalue weighted by Gasteiger charge is -2.49. The summed E-state index contributed by atoms with van der Waals surface area (Å²) in [4.78, 5) is 59.2. The molecule has 2 N–H and O–H groups in total. The molecule has 1 aromatic heterocycles. The van der Waals surface area contributed by atoms with E-state index >= 15 is 4.39 Å². The Morgan fingerprint density at radius 2 is 1.67 bits per heavy atom. The van der Waals surface area contributed by atoms with Gasteiger partial charge < -0.3 is 15.2 Å². The predicted molar refractivity (Wildman–Crippen MR) is 163 cm³/mol. The van der Waals surface area contributed by atoms with Gasteiger partial charge in [-0.05, 0) is 49.6 Å². The molecule has 2 fully saturated rings. The fourth-order valence-electron chi connectivity index (χ4n) is 6.29. The third-order valence-corrected chi connectivity index (χ3v) is 8.97. The first-order valence-electron chi connectivity index (χ1n) is 15.7. The number of nitrogens with zero attached hydrogens (tertiary/aromatic N) is 4. The van der Waals surface area contributed by atoms with Crippen molar-refractivity contribution in [2.75, 3.05) is 19.0 Å². The van der Waals surface area contributed by atoms with Crippen molar-refractivity contribution in [3.8, 4) is 17.0 Å². The molecule has 2 aliphatic rings. The van der Waals surface area contributed by atoms with Crippen molar-refractivity contribution in [2.24, 2.45) is 5.92 Å². The van der Waals surface area contributed by atoms with Gasteiger partial charge in [-0.25, -0.2) is 19.4 Å². The van der Waals surface area contributed by atoms with Crippen molar-refractivity contribution < 1.29 is 64.1 Å². The average Bonchev–Trinajstić information content (AvgIpc) is 3.58. The largest absolute Gasteiger partial charge is 0.490 e. The number of ether oxygens (including phenoxy) is 1. The summed E-state index contributed by atoms with van der Waals surface area (Å²) < 4.78 is 117. The van der Waals surface area contributed by atoms with Crippen LogP contribution in [0.5, 0.6) is 5.75 Å². The number of benzene rings is 2. The second kappa shape index (κ2) is 14.4. The molecule has 1 aliphatic carbocycles. The average molecular weight is 744 g/mol. The first-order chi connectivity index (χ1) is 24.3. The van der Waals surface area contributed by atoms with E-state index in [0.717, 1.165) is 23.2 Å². The van der Waals surface area contributed by atoms with Crippen molar-refractivity contribution in [1.29, 1.82) is 0 Å². The first-order valence-corrected chi connectivity index (χ1v) is 15.7. The van der Waals surface area contributed by atoms with Crippen LogP contribution in [0.15, 0.2) is 42.7 Å². The number of Topliss-reactive ketones (excluding diaryl/α,β-unsaturated/α-hetero) is 1. The van der Waals surface area contributed by atoms with Gasteiger partial charge in [0.2, 0.25) is 11.7 Å². The van der Waals surface area contributed by atoms with Gasteiger partial charge >= 0.3 is 18.3 Å². The van der Waals surface area contributed by atoms with Crippen LogP contribution in [0.3, 0.4) is 0 Å². The number of hydrazine groups is 1. The lowest BCUT2D eigenvalue weighted by atomic mass is 9.80. The number of alkyl halides is 6. The van der Waals surface area contributed by atoms with Crippen molar-refractivity contribution in [3.05, 3.63) is 71.2 Å². The Morgan fingerprint density at radius 1 is 0.981 bits per heavy atom. The topological polar surface area (TPSA) is 142 Å². The maximum Gasteiger partial charge on any atom is 0.433 e. The van der Waals surface area contributed by atoms with E-state index in [1.807, 2.05) is 0 Å². The summed E-state index contributed by atoms with van der Waals surface area (Å²) in [5, 5.41) is 13.1. The van der Waals surface area contributed by atoms with Gasteiger partial charge in [0, 0.05) is 24.6 Å². The number of halogens is 8. The molecule has 1 atom stereocenters. The van der Waals surface area contributed by atoms with E-state index < -0.39 is 99.5 Å². The van der Waals surface area contributed by atoms with Crippen LogP contribution in [0.4, 0.5) is 40.8 Å². The molecular weight excluding hydrogens is 714 g/mol. The van der Waals surface area contributed by atoms with E-state index in [0.29, 0.717) is 37.4 Å². The van der Waals surface area contributed by atoms with Crippen molar-refractivity contribution in [2.45, 2.75) is 63.0 Å². The van der Waals surface area contributed by atoms with E-state index in [4.69, 9.17) is 9.84 Å². The van der Waals surface area contributed by atoms with Crippen molar-refractivity contribution in [3.63, 3.8) is 0 Å². The molecule has 1 unspecified atom stereocenters. The number of likely N-dealkylation sites (N-methyl/N-ethyl adjacent to an activating group) is 1. The van der Waals surface area contributed by atoms with Crippen LogP contribution in [-0.2, 0) is 38.1 Å². The number of rotatable bonds is 10. The number of aromatic nitrogens is 2. The van der Waals surface area contributed by atoms with Crippen LogP contribution in [-0.4, -0.2) is 67.9 Å². The highest BCUT2D eigenvalue weighted by Gasteiger charge is 2.58. The minimum atomic E-state index is -5.01. The van der Waals surface area contributed by atoms with Crippen LogP contribution in [0.25, 0.3) is 11.3 Å². The highest BCUT2D eigenvalue weighted by Crippen LogP contribution is 2.43. The zero-order chi connectivity index (χ0) is 38.2. The fourth-order valence-corrected chi connectivity index (χ4v) is 6.29. The Kier molecular flexibility index (Phi) is 10.6. The maximum atomic E-state index is 15.3. The van der Waals surface area contributed by atoms with E-state index in [2.05, 4.69) is 15.3 Å². The first kappa shape index (κ1) is 38.0. The molecule has 1 saturated heterocycles. The molecule has 1 aliphatic heterocycles. The summed E-state index contributed by atoms with van der Waals surface area (Å²) in [5.74, 6) is -10.0. The number of carboxylic acids is 1. The van der Waals surface area contributed by atoms with Gasteiger partial charge in [-0.3, -0.25) is 24.2 Å². The number of hydrogen-bond donors (Lipinski definition) is 2. The monoisotopic (exact) mass is 743 g/mol. The van der Waals surface area contributed by atoms with Crippen LogP contribution in [0, 0.1) is 17.6 Å². The molecule has 1 spiro atoms. The zero-order valence-electron chi connectivity index (χ0n) is 27.1. The number of aliphatic carboxylic acids is 1. The van der Waals surface area contributed by atoms with Gasteiger partial charge in [-0.15, -0.1) is 0 Å². The Morgan fingerprint density at radius 3 is 2.31 bits per heavy atom. The molecule has 278 valence electrons. The number of amides is 2. The smallest absolute Gasteiger partial charge is 0.433 e. The molecule has 1 saturated carbocycles. The van der Waals surface area contributed by atoms with E-state index in [1.165, 1.54) is 12.1 Å². The lowest BCUT2D eigenvalue weighted by Crippen LogP contribution is -2.69. The number of nitrogens with one attached hydrogen (secondary N) is 1. The number of ketones is 1. The van der Waals surface area contributed by atoms with Gasteiger partial charge in [0.1, 0.15) is 12.0 Å². The minimum Gasteiger partial charge on any atom is -0.490 e. The van der Waals surface area contributed by atoms with Gasteiger partial charge in [0.15, 0.2) is 23.3 Å². The molecule has 3 aromatic rings. The second-order valence-electron chi connectivity index (χ2n) is 12.2. The van der Waals surface area contributed by atoms with Crippen molar-refractivity contribution in [1.82, 2.24) is 20.0 Å². The van der Waals surface area contributed by atoms with Crippen molar-refractivity contribution >= 4 is 29.3 Å². The normalized spacial score (nSPS) is 17.9. The Hall–Kier alpha value is -5.20. The molecule has 2 aromatic carbocycles. The van der Waals surface area contributed by atoms with Gasteiger partial charge in [0.05, 0.1) is 35.6 Å². The fraction of sp³-hybridized carbons (Fsp3) is 0.394. The summed E-state index contributed by atoms with van der Waals surface area (Å²) in [6.07, 6.45) is -8.49. The molecule has 0 bridgehead atoms. The molecule has 2 amide bonds. The highest BCUT2D eigenvalue weighted by molar-refractivity contribution is 6.25. The number of hydrogen-bond acceptors (Lipinski definition) is 8. The predicted octanol–water partition coefficient (Wildman–Crippen LogP) is 6.03. The SMILES string of the molecule is CN1N(Cc2ccc(OCCCC(=O)O)c(F)c2F)C(=O)C(C(=O)Nc2ccc(C(F)(F)F)cc2-c2cc(C(F)(F)F)ncn2)C(=O)C12CCCC2. The molecule has 0 radical (unpaired) electrons. The summed E-state index contributed by atoms with van der Waals surface area (Å²) in [5.41, 5.74) is -6.44.